The zero-order valence-electron chi connectivity index (χ0n) is 8.54. The minimum atomic E-state index is 1.05. The Morgan fingerprint density at radius 3 is 2.60 bits per heavy atom. The first-order valence-corrected chi connectivity index (χ1v) is 6.23. The summed E-state index contributed by atoms with van der Waals surface area (Å²) < 4.78 is 1.12. The van der Waals surface area contributed by atoms with Gasteiger partial charge in [0.25, 0.3) is 0 Å². The first-order chi connectivity index (χ1) is 7.18. The molecule has 78 valence electrons. The van der Waals surface area contributed by atoms with Crippen LogP contribution in [-0.4, -0.2) is 10.2 Å². The molecule has 0 spiro atoms. The lowest BCUT2D eigenvalue weighted by Crippen LogP contribution is -1.79. The Balaban J connectivity index is 2.34. The topological polar surface area (TPSA) is 28.7 Å². The van der Waals surface area contributed by atoms with E-state index in [1.807, 2.05) is 32.0 Å². The van der Waals surface area contributed by atoms with Crippen LogP contribution in [0.1, 0.15) is 11.4 Å². The number of aromatic amines is 1. The van der Waals surface area contributed by atoms with E-state index < -0.39 is 0 Å². The third kappa shape index (κ3) is 2.26. The lowest BCUT2D eigenvalue weighted by Gasteiger charge is -2.03. The van der Waals surface area contributed by atoms with Crippen molar-refractivity contribution in [3.05, 3.63) is 40.1 Å². The molecule has 0 aliphatic carbocycles. The first-order valence-electron chi connectivity index (χ1n) is 4.62. The normalized spacial score (nSPS) is 10.6. The molecule has 2 rings (SSSR count). The second-order valence-corrected chi connectivity index (χ2v) is 5.20. The number of hydrogen-bond donors (Lipinski definition) is 1. The molecule has 2 nitrogen and oxygen atoms in total. The molecule has 4 heteroatoms. The molecular formula is C11H11BrN2S. The van der Waals surface area contributed by atoms with Crippen molar-refractivity contribution in [2.24, 2.45) is 0 Å². The van der Waals surface area contributed by atoms with Gasteiger partial charge in [0.05, 0.1) is 10.6 Å². The Kier molecular flexibility index (Phi) is 3.17. The van der Waals surface area contributed by atoms with Gasteiger partial charge in [-0.3, -0.25) is 5.10 Å². The smallest absolute Gasteiger partial charge is 0.0733 e. The van der Waals surface area contributed by atoms with Crippen LogP contribution < -0.4 is 0 Å². The highest BCUT2D eigenvalue weighted by atomic mass is 79.9. The molecule has 0 unspecified atom stereocenters. The second-order valence-electron chi connectivity index (χ2n) is 3.30. The van der Waals surface area contributed by atoms with Crippen molar-refractivity contribution in [1.82, 2.24) is 10.2 Å². The Bertz CT molecular complexity index is 460. The molecule has 0 aliphatic rings. The molecule has 1 aromatic heterocycles. The maximum Gasteiger partial charge on any atom is 0.0733 e. The maximum absolute atomic E-state index is 4.18. The number of nitrogens with one attached hydrogen (secondary N) is 1. The van der Waals surface area contributed by atoms with Crippen LogP contribution in [0.5, 0.6) is 0 Å². The van der Waals surface area contributed by atoms with Gasteiger partial charge in [0, 0.05) is 15.1 Å². The molecule has 2 aromatic rings. The quantitative estimate of drug-likeness (QED) is 0.904. The number of rotatable bonds is 2. The van der Waals surface area contributed by atoms with Gasteiger partial charge in [-0.2, -0.15) is 5.10 Å². The van der Waals surface area contributed by atoms with Gasteiger partial charge in [-0.05, 0) is 41.9 Å². The van der Waals surface area contributed by atoms with E-state index in [4.69, 9.17) is 0 Å². The zero-order chi connectivity index (χ0) is 10.8. The molecule has 1 heterocycles. The Morgan fingerprint density at radius 1 is 1.27 bits per heavy atom. The summed E-state index contributed by atoms with van der Waals surface area (Å²) in [5.41, 5.74) is 2.17. The van der Waals surface area contributed by atoms with Crippen molar-refractivity contribution in [2.75, 3.05) is 0 Å². The summed E-state index contributed by atoms with van der Waals surface area (Å²) in [6.07, 6.45) is 0. The van der Waals surface area contributed by atoms with Crippen LogP contribution in [0.2, 0.25) is 0 Å². The largest absolute Gasteiger partial charge is 0.281 e. The maximum atomic E-state index is 4.18. The third-order valence-corrected chi connectivity index (χ3v) is 4.44. The number of H-pyrrole nitrogens is 1. The Hall–Kier alpha value is -0.740. The highest BCUT2D eigenvalue weighted by Gasteiger charge is 2.09. The molecule has 0 saturated carbocycles. The number of aryl methyl sites for hydroxylation is 2. The molecular weight excluding hydrogens is 272 g/mol. The van der Waals surface area contributed by atoms with E-state index in [1.165, 1.54) is 9.79 Å². The van der Waals surface area contributed by atoms with Crippen molar-refractivity contribution in [1.29, 1.82) is 0 Å². The average molecular weight is 283 g/mol. The fourth-order valence-corrected chi connectivity index (χ4v) is 2.78. The van der Waals surface area contributed by atoms with Gasteiger partial charge in [-0.15, -0.1) is 0 Å². The molecule has 15 heavy (non-hydrogen) atoms. The molecule has 0 bridgehead atoms. The molecule has 0 aliphatic heterocycles. The Morgan fingerprint density at radius 2 is 2.00 bits per heavy atom. The molecule has 0 amide bonds. The van der Waals surface area contributed by atoms with Crippen molar-refractivity contribution < 1.29 is 0 Å². The lowest BCUT2D eigenvalue weighted by atomic mass is 10.4. The Labute approximate surface area is 102 Å². The average Bonchev–Trinajstić information content (AvgIpc) is 2.53. The summed E-state index contributed by atoms with van der Waals surface area (Å²) in [7, 11) is 0. The second kappa shape index (κ2) is 4.41. The fraction of sp³-hybridized carbons (Fsp3) is 0.182. The van der Waals surface area contributed by atoms with Crippen LogP contribution in [0.4, 0.5) is 0 Å². The van der Waals surface area contributed by atoms with E-state index >= 15 is 0 Å². The van der Waals surface area contributed by atoms with Crippen LogP contribution in [0.25, 0.3) is 0 Å². The predicted octanol–water partition coefficient (Wildman–Crippen LogP) is 3.94. The van der Waals surface area contributed by atoms with Crippen LogP contribution in [0.15, 0.2) is 38.5 Å². The summed E-state index contributed by atoms with van der Waals surface area (Å²) in [4.78, 5) is 2.42. The minimum Gasteiger partial charge on any atom is -0.281 e. The standard InChI is InChI=1S/C11H11BrN2S/c1-7-11(8(2)14-13-7)15-10-6-4-3-5-9(10)12/h3-6H,1-2H3,(H,13,14). The number of aromatic nitrogens is 2. The molecule has 1 aromatic carbocycles. The van der Waals surface area contributed by atoms with Gasteiger partial charge in [-0.25, -0.2) is 0 Å². The number of nitrogens with zero attached hydrogens (tertiary/aromatic N) is 1. The summed E-state index contributed by atoms with van der Waals surface area (Å²) in [5.74, 6) is 0. The lowest BCUT2D eigenvalue weighted by molar-refractivity contribution is 1.02. The zero-order valence-corrected chi connectivity index (χ0v) is 10.9. The van der Waals surface area contributed by atoms with Crippen molar-refractivity contribution in [3.8, 4) is 0 Å². The van der Waals surface area contributed by atoms with E-state index in [0.717, 1.165) is 15.9 Å². The fourth-order valence-electron chi connectivity index (χ4n) is 1.33. The number of benzene rings is 1. The molecule has 0 fully saturated rings. The van der Waals surface area contributed by atoms with Gasteiger partial charge < -0.3 is 0 Å². The van der Waals surface area contributed by atoms with Crippen molar-refractivity contribution >= 4 is 27.7 Å². The van der Waals surface area contributed by atoms with Gasteiger partial charge in [0.1, 0.15) is 0 Å². The van der Waals surface area contributed by atoms with Crippen molar-refractivity contribution in [2.45, 2.75) is 23.6 Å². The van der Waals surface area contributed by atoms with Crippen LogP contribution in [0, 0.1) is 13.8 Å². The first kappa shape index (κ1) is 10.8. The van der Waals surface area contributed by atoms with Gasteiger partial charge in [0.15, 0.2) is 0 Å². The highest BCUT2D eigenvalue weighted by Crippen LogP contribution is 2.35. The monoisotopic (exact) mass is 282 g/mol. The van der Waals surface area contributed by atoms with E-state index in [0.29, 0.717) is 0 Å². The molecule has 0 atom stereocenters. The summed E-state index contributed by atoms with van der Waals surface area (Å²) in [6.45, 7) is 4.06. The predicted molar refractivity (Wildman–Crippen MR) is 66.3 cm³/mol. The molecule has 1 N–H and O–H groups in total. The van der Waals surface area contributed by atoms with E-state index in [-0.39, 0.29) is 0 Å². The summed E-state index contributed by atoms with van der Waals surface area (Å²) in [5, 5.41) is 7.17. The SMILES string of the molecule is Cc1n[nH]c(C)c1Sc1ccccc1Br. The van der Waals surface area contributed by atoms with E-state index in [1.54, 1.807) is 11.8 Å². The summed E-state index contributed by atoms with van der Waals surface area (Å²) in [6, 6.07) is 8.20. The van der Waals surface area contributed by atoms with Crippen LogP contribution in [0.3, 0.4) is 0 Å². The number of hydrogen-bond acceptors (Lipinski definition) is 2. The van der Waals surface area contributed by atoms with Gasteiger partial charge in [0.2, 0.25) is 0 Å². The van der Waals surface area contributed by atoms with Gasteiger partial charge >= 0.3 is 0 Å². The van der Waals surface area contributed by atoms with E-state index in [2.05, 4.69) is 32.2 Å². The minimum absolute atomic E-state index is 1.05. The van der Waals surface area contributed by atoms with Crippen LogP contribution in [-0.2, 0) is 0 Å². The van der Waals surface area contributed by atoms with Crippen molar-refractivity contribution in [3.63, 3.8) is 0 Å². The number of halogens is 1. The molecule has 0 radical (unpaired) electrons. The highest BCUT2D eigenvalue weighted by molar-refractivity contribution is 9.10. The van der Waals surface area contributed by atoms with E-state index in [9.17, 15) is 0 Å². The summed E-state index contributed by atoms with van der Waals surface area (Å²) >= 11 is 5.27. The van der Waals surface area contributed by atoms with Gasteiger partial charge in [-0.1, -0.05) is 23.9 Å². The third-order valence-electron chi connectivity index (χ3n) is 2.11. The molecule has 0 saturated heterocycles. The van der Waals surface area contributed by atoms with Crippen LogP contribution >= 0.6 is 27.7 Å².